The molecule has 0 amide bonds. The second-order valence-corrected chi connectivity index (χ2v) is 7.31. The van der Waals surface area contributed by atoms with Crippen molar-refractivity contribution in [1.82, 2.24) is 10.2 Å². The lowest BCUT2D eigenvalue weighted by Gasteiger charge is -2.50. The topological polar surface area (TPSA) is 15.3 Å². The Morgan fingerprint density at radius 3 is 2.10 bits per heavy atom. The van der Waals surface area contributed by atoms with Gasteiger partial charge in [0.25, 0.3) is 0 Å². The van der Waals surface area contributed by atoms with Crippen LogP contribution in [0, 0.1) is 5.92 Å². The van der Waals surface area contributed by atoms with Crippen LogP contribution in [0.3, 0.4) is 0 Å². The minimum absolute atomic E-state index is 0.459. The minimum Gasteiger partial charge on any atom is -0.312 e. The third kappa shape index (κ3) is 3.82. The Morgan fingerprint density at radius 2 is 1.57 bits per heavy atom. The van der Waals surface area contributed by atoms with Gasteiger partial charge in [-0.1, -0.05) is 52.9 Å². The summed E-state index contributed by atoms with van der Waals surface area (Å²) in [5, 5.41) is 4.03. The summed E-state index contributed by atoms with van der Waals surface area (Å²) in [7, 11) is 0. The van der Waals surface area contributed by atoms with Crippen LogP contribution in [0.5, 0.6) is 0 Å². The fourth-order valence-electron chi connectivity index (χ4n) is 5.23. The van der Waals surface area contributed by atoms with Gasteiger partial charge >= 0.3 is 0 Å². The molecule has 0 spiro atoms. The third-order valence-corrected chi connectivity index (χ3v) is 6.18. The Hall–Kier alpha value is -0.0800. The van der Waals surface area contributed by atoms with Gasteiger partial charge in [-0.05, 0) is 57.7 Å². The summed E-state index contributed by atoms with van der Waals surface area (Å²) in [5.74, 6) is 0.920. The first-order valence-electron chi connectivity index (χ1n) is 9.77. The first kappa shape index (κ1) is 17.3. The van der Waals surface area contributed by atoms with E-state index in [4.69, 9.17) is 0 Å². The van der Waals surface area contributed by atoms with Crippen molar-refractivity contribution in [3.8, 4) is 0 Å². The molecule has 2 heteroatoms. The van der Waals surface area contributed by atoms with E-state index in [1.807, 2.05) is 0 Å². The molecule has 0 bridgehead atoms. The monoisotopic (exact) mass is 294 g/mol. The van der Waals surface area contributed by atoms with Gasteiger partial charge in [0, 0.05) is 11.6 Å². The Kier molecular flexibility index (Phi) is 7.01. The van der Waals surface area contributed by atoms with Gasteiger partial charge in [-0.15, -0.1) is 0 Å². The van der Waals surface area contributed by atoms with Crippen molar-refractivity contribution < 1.29 is 0 Å². The van der Waals surface area contributed by atoms with Gasteiger partial charge in [0.1, 0.15) is 0 Å². The van der Waals surface area contributed by atoms with E-state index >= 15 is 0 Å². The molecular weight excluding hydrogens is 256 g/mol. The molecular formula is C19H38N2. The highest BCUT2D eigenvalue weighted by molar-refractivity contribution is 5.06. The number of hydrogen-bond acceptors (Lipinski definition) is 2. The number of nitrogens with one attached hydrogen (secondary N) is 1. The molecule has 2 aliphatic carbocycles. The minimum atomic E-state index is 0.459. The maximum atomic E-state index is 4.03. The lowest BCUT2D eigenvalue weighted by atomic mass is 9.73. The van der Waals surface area contributed by atoms with Crippen LogP contribution >= 0.6 is 0 Å². The predicted molar refractivity (Wildman–Crippen MR) is 92.8 cm³/mol. The molecule has 2 rings (SSSR count). The number of rotatable bonds is 8. The fourth-order valence-corrected chi connectivity index (χ4v) is 5.23. The molecule has 2 saturated carbocycles. The van der Waals surface area contributed by atoms with Gasteiger partial charge < -0.3 is 5.32 Å². The van der Waals surface area contributed by atoms with Crippen molar-refractivity contribution in [2.75, 3.05) is 19.6 Å². The van der Waals surface area contributed by atoms with E-state index in [0.717, 1.165) is 12.0 Å². The number of likely N-dealkylation sites (N-methyl/N-ethyl adjacent to an activating group) is 1. The van der Waals surface area contributed by atoms with Crippen molar-refractivity contribution in [2.24, 2.45) is 5.92 Å². The highest BCUT2D eigenvalue weighted by atomic mass is 15.2. The van der Waals surface area contributed by atoms with Gasteiger partial charge in [-0.25, -0.2) is 0 Å². The van der Waals surface area contributed by atoms with Crippen molar-refractivity contribution in [3.05, 3.63) is 0 Å². The SMILES string of the molecule is CCCNC(C1CCCCC1)C1(N(CC)CC)CCCC1. The van der Waals surface area contributed by atoms with Crippen LogP contribution in [0.1, 0.15) is 85.0 Å². The highest BCUT2D eigenvalue weighted by Gasteiger charge is 2.47. The average molecular weight is 295 g/mol. The second-order valence-electron chi connectivity index (χ2n) is 7.31. The van der Waals surface area contributed by atoms with E-state index in [2.05, 4.69) is 31.0 Å². The molecule has 2 nitrogen and oxygen atoms in total. The van der Waals surface area contributed by atoms with E-state index in [1.165, 1.54) is 83.8 Å². The van der Waals surface area contributed by atoms with Crippen LogP contribution in [-0.4, -0.2) is 36.1 Å². The van der Waals surface area contributed by atoms with Crippen LogP contribution < -0.4 is 5.32 Å². The van der Waals surface area contributed by atoms with Crippen LogP contribution in [0.15, 0.2) is 0 Å². The molecule has 1 N–H and O–H groups in total. The molecule has 2 aliphatic rings. The number of hydrogen-bond donors (Lipinski definition) is 1. The molecule has 0 aromatic heterocycles. The summed E-state index contributed by atoms with van der Waals surface area (Å²) in [6, 6.07) is 0.736. The van der Waals surface area contributed by atoms with E-state index in [9.17, 15) is 0 Å². The van der Waals surface area contributed by atoms with Crippen LogP contribution in [0.2, 0.25) is 0 Å². The van der Waals surface area contributed by atoms with E-state index in [0.29, 0.717) is 5.54 Å². The summed E-state index contributed by atoms with van der Waals surface area (Å²) >= 11 is 0. The number of nitrogens with zero attached hydrogens (tertiary/aromatic N) is 1. The molecule has 0 heterocycles. The molecule has 1 atom stereocenters. The van der Waals surface area contributed by atoms with Crippen LogP contribution in [-0.2, 0) is 0 Å². The molecule has 0 radical (unpaired) electrons. The quantitative estimate of drug-likeness (QED) is 0.704. The van der Waals surface area contributed by atoms with E-state index in [-0.39, 0.29) is 0 Å². The summed E-state index contributed by atoms with van der Waals surface area (Å²) in [6.45, 7) is 10.7. The zero-order chi connectivity index (χ0) is 15.1. The third-order valence-electron chi connectivity index (χ3n) is 6.18. The highest BCUT2D eigenvalue weighted by Crippen LogP contribution is 2.43. The summed E-state index contributed by atoms with van der Waals surface area (Å²) < 4.78 is 0. The Labute approximate surface area is 133 Å². The Morgan fingerprint density at radius 1 is 0.952 bits per heavy atom. The zero-order valence-electron chi connectivity index (χ0n) is 14.8. The van der Waals surface area contributed by atoms with Gasteiger partial charge in [0.05, 0.1) is 0 Å². The molecule has 0 aromatic rings. The molecule has 124 valence electrons. The van der Waals surface area contributed by atoms with E-state index in [1.54, 1.807) is 0 Å². The normalized spacial score (nSPS) is 24.6. The first-order chi connectivity index (χ1) is 10.3. The zero-order valence-corrected chi connectivity index (χ0v) is 14.8. The maximum Gasteiger partial charge on any atom is 0.0364 e. The smallest absolute Gasteiger partial charge is 0.0364 e. The summed E-state index contributed by atoms with van der Waals surface area (Å²) in [5.41, 5.74) is 0.459. The van der Waals surface area contributed by atoms with E-state index < -0.39 is 0 Å². The van der Waals surface area contributed by atoms with Crippen molar-refractivity contribution in [2.45, 2.75) is 96.6 Å². The molecule has 0 saturated heterocycles. The van der Waals surface area contributed by atoms with Crippen molar-refractivity contribution in [3.63, 3.8) is 0 Å². The van der Waals surface area contributed by atoms with Crippen LogP contribution in [0.25, 0.3) is 0 Å². The van der Waals surface area contributed by atoms with Gasteiger partial charge in [0.15, 0.2) is 0 Å². The lowest BCUT2D eigenvalue weighted by molar-refractivity contribution is 0.0303. The maximum absolute atomic E-state index is 4.03. The first-order valence-corrected chi connectivity index (χ1v) is 9.77. The van der Waals surface area contributed by atoms with Crippen molar-refractivity contribution >= 4 is 0 Å². The molecule has 21 heavy (non-hydrogen) atoms. The Bertz CT molecular complexity index is 273. The molecule has 2 fully saturated rings. The lowest BCUT2D eigenvalue weighted by Crippen LogP contribution is -2.62. The fraction of sp³-hybridized carbons (Fsp3) is 1.00. The Balaban J connectivity index is 2.20. The second kappa shape index (κ2) is 8.53. The molecule has 0 aromatic carbocycles. The molecule has 1 unspecified atom stereocenters. The van der Waals surface area contributed by atoms with Crippen LogP contribution in [0.4, 0.5) is 0 Å². The van der Waals surface area contributed by atoms with Crippen molar-refractivity contribution in [1.29, 1.82) is 0 Å². The molecule has 0 aliphatic heterocycles. The largest absolute Gasteiger partial charge is 0.312 e. The summed E-state index contributed by atoms with van der Waals surface area (Å²) in [4.78, 5) is 2.81. The van der Waals surface area contributed by atoms with Gasteiger partial charge in [0.2, 0.25) is 0 Å². The predicted octanol–water partition coefficient (Wildman–Crippen LogP) is 4.59. The average Bonchev–Trinajstić information content (AvgIpc) is 3.00. The summed E-state index contributed by atoms with van der Waals surface area (Å²) in [6.07, 6.45) is 14.3. The van der Waals surface area contributed by atoms with Gasteiger partial charge in [-0.2, -0.15) is 0 Å². The standard InChI is InChI=1S/C19H38N2/c1-4-16-20-18(17-12-8-7-9-13-17)19(14-10-11-15-19)21(5-2)6-3/h17-18,20H,4-16H2,1-3H3. The van der Waals surface area contributed by atoms with Gasteiger partial charge in [-0.3, -0.25) is 4.90 Å².